The second-order valence-corrected chi connectivity index (χ2v) is 6.88. The van der Waals surface area contributed by atoms with Gasteiger partial charge >= 0.3 is 147 Å². The van der Waals surface area contributed by atoms with Gasteiger partial charge in [-0.3, -0.25) is 0 Å². The summed E-state index contributed by atoms with van der Waals surface area (Å²) < 4.78 is 6.77. The molecule has 1 amide bonds. The quantitative estimate of drug-likeness (QED) is 0.708. The van der Waals surface area contributed by atoms with Crippen molar-refractivity contribution in [2.24, 2.45) is 0 Å². The molecule has 0 spiro atoms. The Hall–Kier alpha value is -2.20. The van der Waals surface area contributed by atoms with Crippen molar-refractivity contribution >= 4 is 37.4 Å². The van der Waals surface area contributed by atoms with Gasteiger partial charge in [-0.1, -0.05) is 0 Å². The SMILES string of the molecule is COC1CN2C(=O)c3ccccc3C2=C2c3ccccc3C(=[Se])N21. The Balaban J connectivity index is 1.87. The average molecular weight is 381 g/mol. The summed E-state index contributed by atoms with van der Waals surface area (Å²) in [5, 5.41) is 0. The third-order valence-corrected chi connectivity index (χ3v) is 5.80. The van der Waals surface area contributed by atoms with Crippen molar-refractivity contribution in [1.29, 1.82) is 0 Å². The van der Waals surface area contributed by atoms with E-state index in [0.717, 1.165) is 38.2 Å². The summed E-state index contributed by atoms with van der Waals surface area (Å²) >= 11 is 3.20. The van der Waals surface area contributed by atoms with E-state index in [1.807, 2.05) is 41.3 Å². The molecular weight excluding hydrogens is 367 g/mol. The molecule has 24 heavy (non-hydrogen) atoms. The third kappa shape index (κ3) is 1.62. The number of methoxy groups -OCH3 is 1. The Bertz CT molecular complexity index is 950. The average Bonchev–Trinajstić information content (AvgIpc) is 3.08. The topological polar surface area (TPSA) is 32.8 Å². The van der Waals surface area contributed by atoms with E-state index in [4.69, 9.17) is 4.74 Å². The van der Waals surface area contributed by atoms with Gasteiger partial charge in [0.1, 0.15) is 0 Å². The molecule has 5 heteroatoms. The first kappa shape index (κ1) is 14.2. The van der Waals surface area contributed by atoms with Crippen LogP contribution in [0.25, 0.3) is 11.4 Å². The van der Waals surface area contributed by atoms with Gasteiger partial charge < -0.3 is 0 Å². The van der Waals surface area contributed by atoms with E-state index < -0.39 is 0 Å². The molecule has 1 unspecified atom stereocenters. The van der Waals surface area contributed by atoms with E-state index in [1.165, 1.54) is 0 Å². The van der Waals surface area contributed by atoms with Gasteiger partial charge in [-0.05, 0) is 0 Å². The van der Waals surface area contributed by atoms with Gasteiger partial charge in [0.05, 0.1) is 0 Å². The first-order chi connectivity index (χ1) is 11.7. The van der Waals surface area contributed by atoms with E-state index in [-0.39, 0.29) is 12.1 Å². The van der Waals surface area contributed by atoms with Crippen LogP contribution in [0.15, 0.2) is 48.5 Å². The van der Waals surface area contributed by atoms with E-state index in [0.29, 0.717) is 6.54 Å². The van der Waals surface area contributed by atoms with Crippen molar-refractivity contribution in [3.05, 3.63) is 70.8 Å². The monoisotopic (exact) mass is 382 g/mol. The van der Waals surface area contributed by atoms with Gasteiger partial charge in [-0.2, -0.15) is 0 Å². The second-order valence-electron chi connectivity index (χ2n) is 6.07. The molecule has 0 aliphatic carbocycles. The van der Waals surface area contributed by atoms with E-state index in [1.54, 1.807) is 7.11 Å². The van der Waals surface area contributed by atoms with Gasteiger partial charge in [-0.15, -0.1) is 0 Å². The first-order valence-electron chi connectivity index (χ1n) is 7.83. The Morgan fingerprint density at radius 1 is 0.958 bits per heavy atom. The summed E-state index contributed by atoms with van der Waals surface area (Å²) in [6.07, 6.45) is -0.203. The fraction of sp³-hybridized carbons (Fsp3) is 0.158. The van der Waals surface area contributed by atoms with Crippen LogP contribution in [0.2, 0.25) is 0 Å². The van der Waals surface area contributed by atoms with Crippen LogP contribution in [0.1, 0.15) is 27.0 Å². The zero-order valence-electron chi connectivity index (χ0n) is 13.0. The Labute approximate surface area is 147 Å². The van der Waals surface area contributed by atoms with Crippen LogP contribution in [-0.4, -0.2) is 55.7 Å². The van der Waals surface area contributed by atoms with Crippen molar-refractivity contribution in [2.45, 2.75) is 6.23 Å². The third-order valence-electron chi connectivity index (χ3n) is 4.92. The number of ether oxygens (including phenoxy) is 1. The molecule has 3 heterocycles. The zero-order valence-corrected chi connectivity index (χ0v) is 14.7. The minimum absolute atomic E-state index is 0.0563. The normalized spacial score (nSPS) is 21.0. The summed E-state index contributed by atoms with van der Waals surface area (Å²) in [7, 11) is 1.69. The summed E-state index contributed by atoms with van der Waals surface area (Å²) in [6, 6.07) is 16.1. The molecular formula is C19H14N2O2Se. The molecule has 0 fully saturated rings. The fourth-order valence-corrected chi connectivity index (χ4v) is 4.68. The molecule has 3 aliphatic rings. The van der Waals surface area contributed by atoms with E-state index in [9.17, 15) is 4.79 Å². The van der Waals surface area contributed by atoms with Gasteiger partial charge in [-0.25, -0.2) is 0 Å². The van der Waals surface area contributed by atoms with Crippen LogP contribution in [0.5, 0.6) is 0 Å². The fourth-order valence-electron chi connectivity index (χ4n) is 3.87. The molecule has 3 aliphatic heterocycles. The molecule has 0 saturated carbocycles. The van der Waals surface area contributed by atoms with Crippen molar-refractivity contribution in [3.63, 3.8) is 0 Å². The number of carbonyl (C=O) groups is 1. The van der Waals surface area contributed by atoms with Gasteiger partial charge in [0.2, 0.25) is 0 Å². The number of hydrogen-bond acceptors (Lipinski definition) is 3. The Kier molecular flexibility index (Phi) is 2.89. The number of hydrogen-bond donors (Lipinski definition) is 0. The minimum atomic E-state index is -0.203. The number of fused-ring (bicyclic) bond motifs is 6. The van der Waals surface area contributed by atoms with Crippen molar-refractivity contribution in [2.75, 3.05) is 13.7 Å². The van der Waals surface area contributed by atoms with Crippen molar-refractivity contribution in [1.82, 2.24) is 9.80 Å². The Morgan fingerprint density at radius 2 is 1.54 bits per heavy atom. The first-order valence-corrected chi connectivity index (χ1v) is 8.69. The summed E-state index contributed by atoms with van der Waals surface area (Å²) in [5.74, 6) is 0.0563. The zero-order chi connectivity index (χ0) is 16.4. The molecule has 5 rings (SSSR count). The standard InChI is InChI=1S/C19H14N2O2Se/c1-23-15-10-20-16(11-6-2-4-8-13(11)18(20)22)17-12-7-3-5-9-14(12)19(24)21(15)17/h2-9,15H,10H2,1H3. The van der Waals surface area contributed by atoms with Crippen LogP contribution < -0.4 is 0 Å². The molecule has 118 valence electrons. The predicted octanol–water partition coefficient (Wildman–Crippen LogP) is 1.92. The molecule has 2 aromatic carbocycles. The number of rotatable bonds is 1. The van der Waals surface area contributed by atoms with Crippen LogP contribution in [0.4, 0.5) is 0 Å². The van der Waals surface area contributed by atoms with Gasteiger partial charge in [0.15, 0.2) is 0 Å². The molecule has 0 N–H and O–H groups in total. The Morgan fingerprint density at radius 3 is 2.21 bits per heavy atom. The molecule has 0 bridgehead atoms. The van der Waals surface area contributed by atoms with Crippen LogP contribution >= 0.6 is 0 Å². The number of benzene rings is 2. The molecule has 0 saturated heterocycles. The van der Waals surface area contributed by atoms with Crippen molar-refractivity contribution in [3.8, 4) is 0 Å². The van der Waals surface area contributed by atoms with Crippen molar-refractivity contribution < 1.29 is 9.53 Å². The maximum atomic E-state index is 12.9. The van der Waals surface area contributed by atoms with Gasteiger partial charge in [0.25, 0.3) is 0 Å². The molecule has 2 aromatic rings. The summed E-state index contributed by atoms with van der Waals surface area (Å²) in [4.78, 5) is 16.9. The second kappa shape index (κ2) is 4.90. The number of amides is 1. The van der Waals surface area contributed by atoms with E-state index >= 15 is 0 Å². The van der Waals surface area contributed by atoms with Crippen LogP contribution in [0, 0.1) is 0 Å². The number of carbonyl (C=O) groups excluding carboxylic acids is 1. The maximum absolute atomic E-state index is 12.9. The predicted molar refractivity (Wildman–Crippen MR) is 93.2 cm³/mol. The molecule has 0 aromatic heterocycles. The molecule has 1 atom stereocenters. The molecule has 0 radical (unpaired) electrons. The van der Waals surface area contributed by atoms with Crippen LogP contribution in [-0.2, 0) is 4.74 Å². The van der Waals surface area contributed by atoms with Crippen LogP contribution in [0.3, 0.4) is 0 Å². The molecule has 4 nitrogen and oxygen atoms in total. The summed E-state index contributed by atoms with van der Waals surface area (Å²) in [6.45, 7) is 0.516. The summed E-state index contributed by atoms with van der Waals surface area (Å²) in [5.41, 5.74) is 6.10. The van der Waals surface area contributed by atoms with Gasteiger partial charge in [0, 0.05) is 0 Å². The number of nitrogens with zero attached hydrogens (tertiary/aromatic N) is 2. The van der Waals surface area contributed by atoms with E-state index in [2.05, 4.69) is 32.6 Å².